The van der Waals surface area contributed by atoms with E-state index in [-0.39, 0.29) is 11.5 Å². The molecular weight excluding hydrogens is 621 g/mol. The van der Waals surface area contributed by atoms with Crippen molar-refractivity contribution in [2.75, 3.05) is 67.7 Å². The average molecular weight is 653 g/mol. The smallest absolute Gasteiger partial charge is 0.270 e. The number of nitriles is 1. The van der Waals surface area contributed by atoms with Crippen LogP contribution in [0.15, 0.2) is 89.8 Å². The molecule has 0 bridgehead atoms. The summed E-state index contributed by atoms with van der Waals surface area (Å²) in [7, 11) is 8.19. The lowest BCUT2D eigenvalue weighted by Gasteiger charge is -2.41. The maximum Gasteiger partial charge on any atom is 0.270 e. The first kappa shape index (κ1) is 29.4. The van der Waals surface area contributed by atoms with Crippen LogP contribution in [0.4, 0.5) is 28.4 Å². The number of hydrogen-bond donors (Lipinski definition) is 2. The van der Waals surface area contributed by atoms with Gasteiger partial charge < -0.3 is 31.3 Å². The Morgan fingerprint density at radius 3 is 2.22 bits per heavy atom. The molecule has 9 nitrogen and oxygen atoms in total. The Bertz CT molecular complexity index is 2870. The third-order valence-corrected chi connectivity index (χ3v) is 10.6. The molecule has 2 heterocycles. The van der Waals surface area contributed by atoms with Crippen molar-refractivity contribution in [3.8, 4) is 6.07 Å². The third kappa shape index (κ3) is 3.56. The third-order valence-electron chi connectivity index (χ3n) is 10.6. The maximum absolute atomic E-state index is 15.2. The van der Waals surface area contributed by atoms with E-state index in [0.717, 1.165) is 65.5 Å². The average Bonchev–Trinajstić information content (AvgIpc) is 3.10. The molecule has 4 N–H and O–H groups in total. The predicted octanol–water partition coefficient (Wildman–Crippen LogP) is 4.47. The summed E-state index contributed by atoms with van der Waals surface area (Å²) >= 11 is 0. The lowest BCUT2D eigenvalue weighted by Crippen LogP contribution is -2.42. The quantitative estimate of drug-likeness (QED) is 0.0886. The molecule has 9 rings (SSSR count). The van der Waals surface area contributed by atoms with E-state index in [0.29, 0.717) is 52.2 Å². The van der Waals surface area contributed by atoms with E-state index in [1.165, 1.54) is 0 Å². The molecule has 0 spiro atoms. The van der Waals surface area contributed by atoms with E-state index in [2.05, 4.69) is 56.4 Å². The van der Waals surface area contributed by atoms with Crippen LogP contribution in [0.1, 0.15) is 5.56 Å². The van der Waals surface area contributed by atoms with Crippen LogP contribution in [0.5, 0.6) is 0 Å². The Morgan fingerprint density at radius 2 is 1.46 bits per heavy atom. The lowest BCUT2D eigenvalue weighted by atomic mass is 9.73. The zero-order valence-electron chi connectivity index (χ0n) is 28.1. The Labute approximate surface area is 288 Å². The SMILES string of the molecule is [C-]#[N+]/C(C#N)=C1C(c2c3ccccc3c3c4c(ccc(N)c24)N(C)CN3C)=C([O-])C/1=c1\c2cccc3c2c(c2cccc(N)c12)=[N+](C)CN3C. The second-order valence-electron chi connectivity index (χ2n) is 13.5. The van der Waals surface area contributed by atoms with Crippen molar-refractivity contribution in [2.24, 2.45) is 0 Å². The Morgan fingerprint density at radius 1 is 0.780 bits per heavy atom. The van der Waals surface area contributed by atoms with Gasteiger partial charge in [-0.15, -0.1) is 0 Å². The van der Waals surface area contributed by atoms with Crippen molar-refractivity contribution in [3.05, 3.63) is 117 Å². The van der Waals surface area contributed by atoms with Gasteiger partial charge in [0.2, 0.25) is 12.0 Å². The molecule has 0 unspecified atom stereocenters. The van der Waals surface area contributed by atoms with Crippen LogP contribution < -0.4 is 46.4 Å². The summed E-state index contributed by atoms with van der Waals surface area (Å²) in [6, 6.07) is 25.9. The molecule has 3 aliphatic rings. The van der Waals surface area contributed by atoms with Gasteiger partial charge in [-0.05, 0) is 63.0 Å². The highest BCUT2D eigenvalue weighted by Gasteiger charge is 2.36. The van der Waals surface area contributed by atoms with Crippen LogP contribution in [-0.2, 0) is 0 Å². The van der Waals surface area contributed by atoms with Gasteiger partial charge in [0.1, 0.15) is 7.05 Å². The Kier molecular flexibility index (Phi) is 5.97. The standard InChI is InChI=1S/C41H32N8O/c1-45-27(18-42)35-37(32-21-10-6-7-11-22(21)39-36-29(47(3)20-48(39)4)17-16-26(44)34(32)36)41(50)38(35)33-23-12-9-15-28-31(23)40(49(5)19-46(28)2)24-13-8-14-25(43)30(24)33/h6-17H,19-20,43-44H2,2-5H3/b35-27-. The number of nitrogens with two attached hydrogens (primary N) is 2. The van der Waals surface area contributed by atoms with Crippen LogP contribution in [0.25, 0.3) is 59.1 Å². The number of rotatable bonds is 1. The number of benzene rings is 6. The van der Waals surface area contributed by atoms with Crippen LogP contribution in [0.2, 0.25) is 0 Å². The number of hydrogen-bond acceptors (Lipinski definition) is 7. The summed E-state index contributed by atoms with van der Waals surface area (Å²) in [6.45, 7) is 9.54. The zero-order valence-corrected chi connectivity index (χ0v) is 28.1. The fraction of sp³-hybridized carbons (Fsp3) is 0.146. The highest BCUT2D eigenvalue weighted by atomic mass is 16.3. The van der Waals surface area contributed by atoms with Gasteiger partial charge in [-0.2, -0.15) is 0 Å². The summed E-state index contributed by atoms with van der Waals surface area (Å²) in [5.41, 5.74) is 19.3. The molecule has 0 atom stereocenters. The molecule has 0 saturated carbocycles. The second-order valence-corrected chi connectivity index (χ2v) is 13.5. The van der Waals surface area contributed by atoms with E-state index in [4.69, 9.17) is 18.0 Å². The zero-order chi connectivity index (χ0) is 34.7. The first-order chi connectivity index (χ1) is 24.2. The van der Waals surface area contributed by atoms with Gasteiger partial charge >= 0.3 is 0 Å². The van der Waals surface area contributed by atoms with Gasteiger partial charge in [0.25, 0.3) is 5.70 Å². The number of allylic oxidation sites excluding steroid dienone is 3. The Balaban J connectivity index is 1.57. The first-order valence-electron chi connectivity index (χ1n) is 16.4. The highest BCUT2D eigenvalue weighted by Crippen LogP contribution is 2.55. The molecule has 0 amide bonds. The fourth-order valence-electron chi connectivity index (χ4n) is 8.75. The van der Waals surface area contributed by atoms with Crippen LogP contribution >= 0.6 is 0 Å². The molecule has 0 radical (unpaired) electrons. The van der Waals surface area contributed by atoms with E-state index in [1.54, 1.807) is 0 Å². The minimum Gasteiger partial charge on any atom is -0.872 e. The van der Waals surface area contributed by atoms with E-state index in [1.807, 2.05) is 74.8 Å². The molecule has 9 heteroatoms. The fourth-order valence-corrected chi connectivity index (χ4v) is 8.75. The van der Waals surface area contributed by atoms with Crippen molar-refractivity contribution in [2.45, 2.75) is 0 Å². The van der Waals surface area contributed by atoms with Crippen molar-refractivity contribution in [3.63, 3.8) is 0 Å². The molecule has 0 aromatic heterocycles. The normalized spacial score (nSPS) is 17.5. The molecule has 242 valence electrons. The second kappa shape index (κ2) is 10.1. The van der Waals surface area contributed by atoms with Crippen molar-refractivity contribution >= 4 is 82.7 Å². The molecule has 0 saturated heterocycles. The van der Waals surface area contributed by atoms with Gasteiger partial charge in [0.15, 0.2) is 0 Å². The molecule has 0 fully saturated rings. The molecule has 50 heavy (non-hydrogen) atoms. The number of anilines is 5. The van der Waals surface area contributed by atoms with Gasteiger partial charge in [0, 0.05) is 65.3 Å². The summed E-state index contributed by atoms with van der Waals surface area (Å²) in [6.07, 6.45) is 0. The lowest BCUT2D eigenvalue weighted by molar-refractivity contribution is -0.292. The summed E-state index contributed by atoms with van der Waals surface area (Å²) in [4.78, 5) is 10.3. The van der Waals surface area contributed by atoms with Crippen LogP contribution in [-0.4, -0.2) is 41.5 Å². The van der Waals surface area contributed by atoms with E-state index >= 15 is 5.11 Å². The Hall–Kier alpha value is -6.71. The van der Waals surface area contributed by atoms with Gasteiger partial charge in [0.05, 0.1) is 41.5 Å². The number of nitrogen functional groups attached to an aromatic ring is 2. The van der Waals surface area contributed by atoms with Crippen LogP contribution in [0.3, 0.4) is 0 Å². The van der Waals surface area contributed by atoms with E-state index in [9.17, 15) is 5.26 Å². The van der Waals surface area contributed by atoms with Crippen molar-refractivity contribution in [1.82, 2.24) is 4.58 Å². The predicted molar refractivity (Wildman–Crippen MR) is 203 cm³/mol. The summed E-state index contributed by atoms with van der Waals surface area (Å²) < 4.78 is 2.19. The minimum atomic E-state index is -0.248. The minimum absolute atomic E-state index is 0.149. The van der Waals surface area contributed by atoms with Crippen molar-refractivity contribution < 1.29 is 5.11 Å². The number of fused-ring (bicyclic) bond motifs is 4. The van der Waals surface area contributed by atoms with Gasteiger partial charge in [-0.1, -0.05) is 48.2 Å². The molecule has 6 aromatic rings. The van der Waals surface area contributed by atoms with Gasteiger partial charge in [-0.3, -0.25) is 0 Å². The molecule has 1 aliphatic carbocycles. The maximum atomic E-state index is 15.2. The molecular formula is C41H32N8O. The molecule has 6 aromatic carbocycles. The largest absolute Gasteiger partial charge is 0.872 e. The van der Waals surface area contributed by atoms with Crippen molar-refractivity contribution in [1.29, 1.82) is 5.26 Å². The summed E-state index contributed by atoms with van der Waals surface area (Å²) in [5.74, 6) is -0.248. The van der Waals surface area contributed by atoms with E-state index < -0.39 is 0 Å². The van der Waals surface area contributed by atoms with Crippen LogP contribution in [0, 0.1) is 17.9 Å². The topological polar surface area (TPSA) is 116 Å². The monoisotopic (exact) mass is 652 g/mol. The molecule has 2 aliphatic heterocycles. The number of nitrogens with zero attached hydrogens (tertiary/aromatic N) is 6. The first-order valence-corrected chi connectivity index (χ1v) is 16.4. The van der Waals surface area contributed by atoms with Gasteiger partial charge in [-0.25, -0.2) is 14.7 Å². The highest BCUT2D eigenvalue weighted by molar-refractivity contribution is 6.30. The summed E-state index contributed by atoms with van der Waals surface area (Å²) in [5, 5.41) is 34.4.